The van der Waals surface area contributed by atoms with Gasteiger partial charge in [0.15, 0.2) is 0 Å². The number of aromatic nitrogens is 1. The molecule has 2 aliphatic heterocycles. The van der Waals surface area contributed by atoms with E-state index >= 15 is 0 Å². The van der Waals surface area contributed by atoms with E-state index in [4.69, 9.17) is 0 Å². The highest BCUT2D eigenvalue weighted by Gasteiger charge is 2.36. The molecule has 3 heterocycles. The summed E-state index contributed by atoms with van der Waals surface area (Å²) in [6.45, 7) is 3.91. The molecule has 1 saturated heterocycles. The van der Waals surface area contributed by atoms with Crippen molar-refractivity contribution < 1.29 is 9.59 Å². The first-order chi connectivity index (χ1) is 14.0. The van der Waals surface area contributed by atoms with Crippen LogP contribution in [0.5, 0.6) is 0 Å². The van der Waals surface area contributed by atoms with E-state index in [2.05, 4.69) is 5.32 Å². The quantitative estimate of drug-likeness (QED) is 0.848. The van der Waals surface area contributed by atoms with Gasteiger partial charge in [0.05, 0.1) is 6.04 Å². The second-order valence-corrected chi connectivity index (χ2v) is 8.20. The fourth-order valence-electron chi connectivity index (χ4n) is 4.62. The van der Waals surface area contributed by atoms with Gasteiger partial charge in [-0.3, -0.25) is 14.4 Å². The first kappa shape index (κ1) is 19.4. The molecule has 3 atom stereocenters. The Morgan fingerprint density at radius 1 is 1.03 bits per heavy atom. The van der Waals surface area contributed by atoms with Crippen LogP contribution in [0.25, 0.3) is 0 Å². The van der Waals surface area contributed by atoms with Crippen molar-refractivity contribution in [2.75, 3.05) is 13.1 Å². The third kappa shape index (κ3) is 4.26. The van der Waals surface area contributed by atoms with Gasteiger partial charge in [-0.25, -0.2) is 0 Å². The van der Waals surface area contributed by atoms with E-state index in [1.165, 1.54) is 0 Å². The maximum Gasteiger partial charge on any atom is 0.250 e. The van der Waals surface area contributed by atoms with Crippen LogP contribution in [0.4, 0.5) is 0 Å². The number of likely N-dealkylation sites (tertiary alicyclic amines) is 1. The van der Waals surface area contributed by atoms with Crippen LogP contribution in [-0.4, -0.2) is 34.4 Å². The molecule has 2 bridgehead atoms. The van der Waals surface area contributed by atoms with E-state index in [9.17, 15) is 14.4 Å². The van der Waals surface area contributed by atoms with Crippen LogP contribution < -0.4 is 10.9 Å². The molecule has 4 rings (SSSR count). The van der Waals surface area contributed by atoms with Gasteiger partial charge < -0.3 is 14.8 Å². The third-order valence-corrected chi connectivity index (χ3v) is 6.08. The van der Waals surface area contributed by atoms with Crippen LogP contribution >= 0.6 is 0 Å². The summed E-state index contributed by atoms with van der Waals surface area (Å²) in [5.41, 5.74) is 2.12. The predicted octanol–water partition coefficient (Wildman–Crippen LogP) is 2.45. The molecule has 1 N–H and O–H groups in total. The van der Waals surface area contributed by atoms with Gasteiger partial charge in [0.1, 0.15) is 0 Å². The number of nitrogens with zero attached hydrogens (tertiary/aromatic N) is 2. The largest absolute Gasteiger partial charge is 0.350 e. The van der Waals surface area contributed by atoms with Crippen LogP contribution in [0, 0.1) is 5.92 Å². The number of piperidine rings is 1. The summed E-state index contributed by atoms with van der Waals surface area (Å²) in [5.74, 6) is 0.419. The molecule has 0 aliphatic carbocycles. The molecule has 0 radical (unpaired) electrons. The highest BCUT2D eigenvalue weighted by atomic mass is 16.2. The summed E-state index contributed by atoms with van der Waals surface area (Å²) >= 11 is 0. The molecular weight excluding hydrogens is 366 g/mol. The van der Waals surface area contributed by atoms with E-state index in [0.717, 1.165) is 17.7 Å². The number of benzene rings is 1. The van der Waals surface area contributed by atoms with Crippen LogP contribution in [-0.2, 0) is 16.1 Å². The highest BCUT2D eigenvalue weighted by Crippen LogP contribution is 2.35. The van der Waals surface area contributed by atoms with Crippen LogP contribution in [0.15, 0.2) is 53.3 Å². The maximum absolute atomic E-state index is 12.7. The smallest absolute Gasteiger partial charge is 0.250 e. The zero-order valence-corrected chi connectivity index (χ0v) is 16.7. The van der Waals surface area contributed by atoms with Crippen molar-refractivity contribution in [3.63, 3.8) is 0 Å². The number of pyridine rings is 1. The lowest BCUT2D eigenvalue weighted by Gasteiger charge is -2.42. The monoisotopic (exact) mass is 393 g/mol. The molecule has 2 unspecified atom stereocenters. The minimum Gasteiger partial charge on any atom is -0.350 e. The van der Waals surface area contributed by atoms with E-state index < -0.39 is 0 Å². The molecular formula is C23H27N3O3. The van der Waals surface area contributed by atoms with Gasteiger partial charge in [-0.15, -0.1) is 0 Å². The van der Waals surface area contributed by atoms with Crippen molar-refractivity contribution >= 4 is 11.8 Å². The van der Waals surface area contributed by atoms with Crippen molar-refractivity contribution in [2.24, 2.45) is 5.92 Å². The Bertz CT molecular complexity index is 953. The SMILES string of the molecule is C[C@H](NC(=O)CCC(=O)N1CC2CC(C1)c1cccc(=O)n1C2)c1ccccc1. The molecule has 152 valence electrons. The first-order valence-electron chi connectivity index (χ1n) is 10.3. The number of carbonyl (C=O) groups is 2. The minimum atomic E-state index is -0.108. The highest BCUT2D eigenvalue weighted by molar-refractivity contribution is 5.84. The number of hydrogen-bond donors (Lipinski definition) is 1. The van der Waals surface area contributed by atoms with Gasteiger partial charge in [-0.05, 0) is 30.9 Å². The summed E-state index contributed by atoms with van der Waals surface area (Å²) in [7, 11) is 0. The molecule has 1 aromatic carbocycles. The summed E-state index contributed by atoms with van der Waals surface area (Å²) in [6.07, 6.45) is 1.43. The second-order valence-electron chi connectivity index (χ2n) is 8.20. The van der Waals surface area contributed by atoms with Gasteiger partial charge in [0.25, 0.3) is 5.56 Å². The first-order valence-corrected chi connectivity index (χ1v) is 10.3. The summed E-state index contributed by atoms with van der Waals surface area (Å²) in [4.78, 5) is 39.0. The number of rotatable bonds is 5. The van der Waals surface area contributed by atoms with Crippen molar-refractivity contribution in [3.8, 4) is 0 Å². The Hall–Kier alpha value is -2.89. The zero-order chi connectivity index (χ0) is 20.4. The average Bonchev–Trinajstić information content (AvgIpc) is 2.73. The standard InChI is InChI=1S/C23H27N3O3/c1-16(18-6-3-2-4-7-18)24-21(27)10-11-22(28)25-13-17-12-19(15-25)20-8-5-9-23(29)26(20)14-17/h2-9,16-17,19H,10-15H2,1H3,(H,24,27)/t16-,17?,19?/m0/s1. The Morgan fingerprint density at radius 3 is 2.62 bits per heavy atom. The number of hydrogen-bond acceptors (Lipinski definition) is 3. The summed E-state index contributed by atoms with van der Waals surface area (Å²) < 4.78 is 1.86. The summed E-state index contributed by atoms with van der Waals surface area (Å²) in [6, 6.07) is 15.1. The lowest BCUT2D eigenvalue weighted by Crippen LogP contribution is -2.49. The topological polar surface area (TPSA) is 71.4 Å². The Balaban J connectivity index is 1.32. The fourth-order valence-corrected chi connectivity index (χ4v) is 4.62. The van der Waals surface area contributed by atoms with Crippen molar-refractivity contribution in [3.05, 3.63) is 70.1 Å². The molecule has 2 amide bonds. The van der Waals surface area contributed by atoms with Crippen LogP contribution in [0.2, 0.25) is 0 Å². The molecule has 0 saturated carbocycles. The minimum absolute atomic E-state index is 0.0222. The molecule has 6 nitrogen and oxygen atoms in total. The molecule has 2 aliphatic rings. The lowest BCUT2D eigenvalue weighted by molar-refractivity contribution is -0.136. The Labute approximate surface area is 170 Å². The van der Waals surface area contributed by atoms with E-state index in [0.29, 0.717) is 25.6 Å². The molecule has 6 heteroatoms. The Morgan fingerprint density at radius 2 is 1.83 bits per heavy atom. The van der Waals surface area contributed by atoms with Gasteiger partial charge in [0, 0.05) is 50.2 Å². The van der Waals surface area contributed by atoms with Gasteiger partial charge >= 0.3 is 0 Å². The maximum atomic E-state index is 12.7. The van der Waals surface area contributed by atoms with Gasteiger partial charge in [0.2, 0.25) is 11.8 Å². The number of amides is 2. The van der Waals surface area contributed by atoms with Crippen molar-refractivity contribution in [1.29, 1.82) is 0 Å². The predicted molar refractivity (Wildman–Crippen MR) is 110 cm³/mol. The second kappa shape index (κ2) is 8.23. The number of nitrogens with one attached hydrogen (secondary N) is 1. The molecule has 0 spiro atoms. The van der Waals surface area contributed by atoms with Gasteiger partial charge in [-0.1, -0.05) is 36.4 Å². The van der Waals surface area contributed by atoms with Crippen LogP contribution in [0.1, 0.15) is 49.4 Å². The van der Waals surface area contributed by atoms with Gasteiger partial charge in [-0.2, -0.15) is 0 Å². The molecule has 2 aromatic rings. The number of fused-ring (bicyclic) bond motifs is 4. The fraction of sp³-hybridized carbons (Fsp3) is 0.435. The summed E-state index contributed by atoms with van der Waals surface area (Å²) in [5, 5.41) is 2.97. The van der Waals surface area contributed by atoms with E-state index in [1.807, 2.05) is 52.8 Å². The Kier molecular flexibility index (Phi) is 5.51. The molecule has 1 aromatic heterocycles. The van der Waals surface area contributed by atoms with E-state index in [1.54, 1.807) is 12.1 Å². The lowest BCUT2D eigenvalue weighted by atomic mass is 9.83. The normalized spacial score (nSPS) is 21.2. The van der Waals surface area contributed by atoms with Crippen LogP contribution in [0.3, 0.4) is 0 Å². The van der Waals surface area contributed by atoms with Crippen molar-refractivity contribution in [2.45, 2.75) is 44.7 Å². The van der Waals surface area contributed by atoms with Crippen molar-refractivity contribution in [1.82, 2.24) is 14.8 Å². The molecule has 1 fully saturated rings. The molecule has 29 heavy (non-hydrogen) atoms. The zero-order valence-electron chi connectivity index (χ0n) is 16.7. The van der Waals surface area contributed by atoms with E-state index in [-0.39, 0.29) is 42.2 Å². The average molecular weight is 393 g/mol. The number of carbonyl (C=O) groups excluding carboxylic acids is 2. The third-order valence-electron chi connectivity index (χ3n) is 6.08.